The van der Waals surface area contributed by atoms with Crippen LogP contribution in [0.5, 0.6) is 0 Å². The van der Waals surface area contributed by atoms with Crippen molar-refractivity contribution in [2.75, 3.05) is 13.2 Å². The number of thiazole rings is 1. The van der Waals surface area contributed by atoms with Gasteiger partial charge in [-0.3, -0.25) is 0 Å². The van der Waals surface area contributed by atoms with Crippen LogP contribution >= 0.6 is 11.3 Å². The molecule has 1 aromatic heterocycles. The number of carbonyl (C=O) groups is 1. The third kappa shape index (κ3) is 3.91. The lowest BCUT2D eigenvalue weighted by molar-refractivity contribution is 0.173. The van der Waals surface area contributed by atoms with Gasteiger partial charge in [-0.2, -0.15) is 0 Å². The molecule has 106 valence electrons. The van der Waals surface area contributed by atoms with Crippen LogP contribution in [0.1, 0.15) is 43.3 Å². The van der Waals surface area contributed by atoms with Crippen molar-refractivity contribution in [3.8, 4) is 0 Å². The number of aliphatic hydroxyl groups is 1. The molecule has 1 fully saturated rings. The maximum atomic E-state index is 12.0. The first-order valence-corrected chi connectivity index (χ1v) is 7.59. The Bertz CT molecular complexity index is 429. The number of hydrogen-bond donors (Lipinski definition) is 2. The van der Waals surface area contributed by atoms with Crippen molar-refractivity contribution in [3.05, 3.63) is 16.1 Å². The van der Waals surface area contributed by atoms with E-state index in [1.165, 1.54) is 0 Å². The lowest BCUT2D eigenvalue weighted by atomic mass is 10.2. The Kier molecular flexibility index (Phi) is 4.76. The molecule has 2 rings (SSSR count). The second-order valence-electron chi connectivity index (χ2n) is 5.14. The third-order valence-corrected chi connectivity index (χ3v) is 4.27. The monoisotopic (exact) mass is 283 g/mol. The van der Waals surface area contributed by atoms with Crippen molar-refractivity contribution in [2.45, 2.75) is 45.2 Å². The van der Waals surface area contributed by atoms with Gasteiger partial charge in [0.15, 0.2) is 0 Å². The molecule has 1 aliphatic carbocycles. The van der Waals surface area contributed by atoms with Crippen LogP contribution in [0, 0.1) is 0 Å². The first kappa shape index (κ1) is 14.3. The van der Waals surface area contributed by atoms with Crippen LogP contribution in [0.4, 0.5) is 4.79 Å². The summed E-state index contributed by atoms with van der Waals surface area (Å²) in [6.45, 7) is 5.09. The lowest BCUT2D eigenvalue weighted by Crippen LogP contribution is -2.42. The molecule has 6 heteroatoms. The summed E-state index contributed by atoms with van der Waals surface area (Å²) < 4.78 is 0. The van der Waals surface area contributed by atoms with E-state index in [4.69, 9.17) is 5.11 Å². The summed E-state index contributed by atoms with van der Waals surface area (Å²) in [4.78, 5) is 18.2. The molecule has 0 unspecified atom stereocenters. The summed E-state index contributed by atoms with van der Waals surface area (Å²) in [7, 11) is 0. The highest BCUT2D eigenvalue weighted by molar-refractivity contribution is 7.09. The first-order chi connectivity index (χ1) is 9.11. The number of rotatable bonds is 6. The Morgan fingerprint density at radius 3 is 2.89 bits per heavy atom. The average molecular weight is 283 g/mol. The van der Waals surface area contributed by atoms with Crippen molar-refractivity contribution in [2.24, 2.45) is 0 Å². The van der Waals surface area contributed by atoms with E-state index in [-0.39, 0.29) is 12.6 Å². The van der Waals surface area contributed by atoms with Crippen LogP contribution < -0.4 is 5.32 Å². The van der Waals surface area contributed by atoms with Gasteiger partial charge in [0.2, 0.25) is 0 Å². The zero-order chi connectivity index (χ0) is 13.8. The van der Waals surface area contributed by atoms with Gasteiger partial charge in [0.25, 0.3) is 0 Å². The Morgan fingerprint density at radius 1 is 1.63 bits per heavy atom. The van der Waals surface area contributed by atoms with Crippen molar-refractivity contribution >= 4 is 17.4 Å². The number of carbonyl (C=O) groups excluding carboxylic acids is 1. The number of nitrogens with one attached hydrogen (secondary N) is 1. The van der Waals surface area contributed by atoms with Gasteiger partial charge in [0.1, 0.15) is 0 Å². The molecule has 5 nitrogen and oxygen atoms in total. The molecular formula is C13H21N3O2S. The topological polar surface area (TPSA) is 65.5 Å². The Morgan fingerprint density at radius 2 is 2.37 bits per heavy atom. The minimum absolute atomic E-state index is 0.0120. The van der Waals surface area contributed by atoms with E-state index in [1.54, 1.807) is 16.2 Å². The van der Waals surface area contributed by atoms with Crippen LogP contribution in [-0.4, -0.2) is 40.2 Å². The smallest absolute Gasteiger partial charge is 0.318 e. The molecular weight excluding hydrogens is 262 g/mol. The van der Waals surface area contributed by atoms with E-state index in [0.29, 0.717) is 25.0 Å². The summed E-state index contributed by atoms with van der Waals surface area (Å²) in [5.41, 5.74) is 0.904. The molecule has 2 N–H and O–H groups in total. The van der Waals surface area contributed by atoms with Crippen LogP contribution in [0.2, 0.25) is 0 Å². The number of aliphatic hydroxyl groups excluding tert-OH is 1. The summed E-state index contributed by atoms with van der Waals surface area (Å²) in [6.07, 6.45) is 2.09. The molecule has 0 aliphatic heterocycles. The molecule has 0 saturated heterocycles. The quantitative estimate of drug-likeness (QED) is 0.838. The maximum Gasteiger partial charge on any atom is 0.318 e. The second-order valence-corrected chi connectivity index (χ2v) is 6.03. The lowest BCUT2D eigenvalue weighted by Gasteiger charge is -2.21. The molecule has 0 spiro atoms. The van der Waals surface area contributed by atoms with Crippen molar-refractivity contribution in [3.63, 3.8) is 0 Å². The molecule has 1 aliphatic rings. The highest BCUT2D eigenvalue weighted by Crippen LogP contribution is 2.26. The Labute approximate surface area is 117 Å². The highest BCUT2D eigenvalue weighted by Gasteiger charge is 2.31. The molecule has 0 radical (unpaired) electrons. The van der Waals surface area contributed by atoms with Gasteiger partial charge < -0.3 is 15.3 Å². The van der Waals surface area contributed by atoms with Crippen molar-refractivity contribution in [1.29, 1.82) is 0 Å². The minimum Gasteiger partial charge on any atom is -0.395 e. The van der Waals surface area contributed by atoms with E-state index in [2.05, 4.69) is 24.1 Å². The molecule has 0 atom stereocenters. The summed E-state index contributed by atoms with van der Waals surface area (Å²) in [5, 5.41) is 14.9. The summed E-state index contributed by atoms with van der Waals surface area (Å²) in [6, 6.07) is 0.212. The van der Waals surface area contributed by atoms with Gasteiger partial charge in [-0.25, -0.2) is 9.78 Å². The number of amides is 2. The van der Waals surface area contributed by atoms with E-state index >= 15 is 0 Å². The molecule has 2 amide bonds. The molecule has 1 aromatic rings. The summed E-state index contributed by atoms with van der Waals surface area (Å²) in [5.74, 6) is 0.423. The van der Waals surface area contributed by atoms with E-state index < -0.39 is 0 Å². The van der Waals surface area contributed by atoms with Crippen LogP contribution in [0.3, 0.4) is 0 Å². The summed E-state index contributed by atoms with van der Waals surface area (Å²) >= 11 is 1.63. The average Bonchev–Trinajstić information content (AvgIpc) is 3.10. The standard InChI is InChI=1S/C13H21N3O2S/c1-9(2)12-15-10(8-19-12)7-14-13(18)16(5-6-17)11-3-4-11/h8-9,11,17H,3-7H2,1-2H3,(H,14,18). The Hall–Kier alpha value is -1.14. The zero-order valence-electron chi connectivity index (χ0n) is 11.4. The predicted molar refractivity (Wildman–Crippen MR) is 75.3 cm³/mol. The third-order valence-electron chi connectivity index (χ3n) is 3.07. The van der Waals surface area contributed by atoms with Gasteiger partial charge in [-0.1, -0.05) is 13.8 Å². The van der Waals surface area contributed by atoms with Gasteiger partial charge >= 0.3 is 6.03 Å². The molecule has 19 heavy (non-hydrogen) atoms. The van der Waals surface area contributed by atoms with Crippen LogP contribution in [0.15, 0.2) is 5.38 Å². The first-order valence-electron chi connectivity index (χ1n) is 6.71. The van der Waals surface area contributed by atoms with E-state index in [0.717, 1.165) is 23.5 Å². The fraction of sp³-hybridized carbons (Fsp3) is 0.692. The number of urea groups is 1. The molecule has 0 aromatic carbocycles. The van der Waals surface area contributed by atoms with Gasteiger partial charge in [0, 0.05) is 23.9 Å². The van der Waals surface area contributed by atoms with E-state index in [9.17, 15) is 4.79 Å². The van der Waals surface area contributed by atoms with Gasteiger partial charge in [0.05, 0.1) is 23.9 Å². The zero-order valence-corrected chi connectivity index (χ0v) is 12.2. The van der Waals surface area contributed by atoms with Crippen LogP contribution in [0.25, 0.3) is 0 Å². The SMILES string of the molecule is CC(C)c1nc(CNC(=O)N(CCO)C2CC2)cs1. The fourth-order valence-corrected chi connectivity index (χ4v) is 2.72. The number of hydrogen-bond acceptors (Lipinski definition) is 4. The maximum absolute atomic E-state index is 12.0. The van der Waals surface area contributed by atoms with Gasteiger partial charge in [-0.05, 0) is 12.8 Å². The molecule has 1 heterocycles. The van der Waals surface area contributed by atoms with Crippen LogP contribution in [-0.2, 0) is 6.54 Å². The normalized spacial score (nSPS) is 14.7. The molecule has 0 bridgehead atoms. The fourth-order valence-electron chi connectivity index (χ4n) is 1.88. The predicted octanol–water partition coefficient (Wildman–Crippen LogP) is 1.93. The number of nitrogens with zero attached hydrogens (tertiary/aromatic N) is 2. The van der Waals surface area contributed by atoms with Crippen molar-refractivity contribution < 1.29 is 9.90 Å². The van der Waals surface area contributed by atoms with E-state index in [1.807, 2.05) is 5.38 Å². The highest BCUT2D eigenvalue weighted by atomic mass is 32.1. The second kappa shape index (κ2) is 6.34. The molecule has 1 saturated carbocycles. The van der Waals surface area contributed by atoms with Gasteiger partial charge in [-0.15, -0.1) is 11.3 Å². The number of aromatic nitrogens is 1. The Balaban J connectivity index is 1.84. The largest absolute Gasteiger partial charge is 0.395 e. The minimum atomic E-state index is -0.101. The van der Waals surface area contributed by atoms with Crippen molar-refractivity contribution in [1.82, 2.24) is 15.2 Å².